The number of ether oxygens (including phenoxy) is 1. The van der Waals surface area contributed by atoms with Crippen LogP contribution in [0.15, 0.2) is 30.5 Å². The number of aromatic nitrogens is 1. The van der Waals surface area contributed by atoms with Crippen molar-refractivity contribution < 1.29 is 14.3 Å². The van der Waals surface area contributed by atoms with Crippen molar-refractivity contribution >= 4 is 29.5 Å². The highest BCUT2D eigenvalue weighted by Gasteiger charge is 2.22. The van der Waals surface area contributed by atoms with Crippen molar-refractivity contribution in [3.05, 3.63) is 52.8 Å². The molecule has 1 aromatic heterocycles. The van der Waals surface area contributed by atoms with E-state index in [-0.39, 0.29) is 16.9 Å². The Hall–Kier alpha value is -3.22. The zero-order valence-electron chi connectivity index (χ0n) is 15.2. The molecule has 0 unspecified atom stereocenters. The van der Waals surface area contributed by atoms with Crippen LogP contribution in [0.4, 0.5) is 16.2 Å². The number of pyridine rings is 1. The average Bonchev–Trinajstić information content (AvgIpc) is 2.52. The fourth-order valence-electron chi connectivity index (χ4n) is 2.33. The van der Waals surface area contributed by atoms with E-state index in [1.165, 1.54) is 6.20 Å². The van der Waals surface area contributed by atoms with Crippen molar-refractivity contribution in [2.24, 2.45) is 0 Å². The van der Waals surface area contributed by atoms with Gasteiger partial charge in [-0.2, -0.15) is 0 Å². The minimum atomic E-state index is -0.682. The van der Waals surface area contributed by atoms with Crippen molar-refractivity contribution in [1.29, 1.82) is 5.41 Å². The number of nitrogens with one attached hydrogen (secondary N) is 2. The molecule has 1 amide bonds. The van der Waals surface area contributed by atoms with Gasteiger partial charge in [-0.25, -0.2) is 4.79 Å². The molecule has 0 fully saturated rings. The van der Waals surface area contributed by atoms with Crippen molar-refractivity contribution in [3.63, 3.8) is 0 Å². The molecule has 0 saturated carbocycles. The van der Waals surface area contributed by atoms with E-state index in [4.69, 9.17) is 15.9 Å². The number of nitrogens with zero attached hydrogens (tertiary/aromatic N) is 1. The van der Waals surface area contributed by atoms with Gasteiger partial charge in [0.05, 0.1) is 5.69 Å². The molecule has 0 spiro atoms. The summed E-state index contributed by atoms with van der Waals surface area (Å²) >= 11 is 0. The van der Waals surface area contributed by atoms with Gasteiger partial charge in [-0.05, 0) is 45.4 Å². The first-order valence-electron chi connectivity index (χ1n) is 8.02. The van der Waals surface area contributed by atoms with Crippen LogP contribution >= 0.6 is 0 Å². The summed E-state index contributed by atoms with van der Waals surface area (Å²) in [5.41, 5.74) is 7.10. The third-order valence-corrected chi connectivity index (χ3v) is 3.40. The third kappa shape index (κ3) is 4.44. The molecule has 1 heterocycles. The number of hydrogen-bond donors (Lipinski definition) is 3. The number of carbonyl (C=O) groups is 2. The maximum atomic E-state index is 13.0. The van der Waals surface area contributed by atoms with Gasteiger partial charge < -0.3 is 15.9 Å². The van der Waals surface area contributed by atoms with Gasteiger partial charge in [0.1, 0.15) is 11.3 Å². The Bertz CT molecular complexity index is 870. The highest BCUT2D eigenvalue weighted by molar-refractivity contribution is 6.16. The van der Waals surface area contributed by atoms with Crippen LogP contribution in [0.5, 0.6) is 0 Å². The van der Waals surface area contributed by atoms with Crippen LogP contribution in [0.2, 0.25) is 0 Å². The smallest absolute Gasteiger partial charge is 0.412 e. The number of nitrogen functional groups attached to an aromatic ring is 1. The van der Waals surface area contributed by atoms with Crippen LogP contribution in [0, 0.1) is 12.3 Å². The lowest BCUT2D eigenvalue weighted by atomic mass is 9.99. The van der Waals surface area contributed by atoms with Crippen LogP contribution in [0.1, 0.15) is 48.0 Å². The number of nitrogens with two attached hydrogens (primary N) is 1. The fourth-order valence-corrected chi connectivity index (χ4v) is 2.33. The highest BCUT2D eigenvalue weighted by atomic mass is 16.6. The average molecular weight is 354 g/mol. The highest BCUT2D eigenvalue weighted by Crippen LogP contribution is 2.23. The topological polar surface area (TPSA) is 118 Å². The number of ketones is 1. The Balaban J connectivity index is 2.44. The van der Waals surface area contributed by atoms with Gasteiger partial charge in [0.15, 0.2) is 0 Å². The molecule has 1 aromatic carbocycles. The summed E-state index contributed by atoms with van der Waals surface area (Å²) in [5, 5.41) is 10.1. The van der Waals surface area contributed by atoms with E-state index < -0.39 is 17.5 Å². The first-order valence-corrected chi connectivity index (χ1v) is 8.02. The molecule has 0 aliphatic carbocycles. The molecule has 0 aliphatic heterocycles. The van der Waals surface area contributed by atoms with E-state index >= 15 is 0 Å². The summed E-state index contributed by atoms with van der Waals surface area (Å²) in [6.45, 7) is 7.04. The SMILES string of the molecule is Cc1cnc(C(=O)c2cccc(N)c2C=N)c(NC(=O)OC(C)(C)C)c1. The van der Waals surface area contributed by atoms with Crippen LogP contribution in [0.25, 0.3) is 0 Å². The normalized spacial score (nSPS) is 10.9. The second-order valence-corrected chi connectivity index (χ2v) is 6.82. The van der Waals surface area contributed by atoms with E-state index in [2.05, 4.69) is 10.3 Å². The lowest BCUT2D eigenvalue weighted by molar-refractivity contribution is 0.0636. The van der Waals surface area contributed by atoms with Gasteiger partial charge >= 0.3 is 6.09 Å². The maximum absolute atomic E-state index is 13.0. The monoisotopic (exact) mass is 354 g/mol. The zero-order valence-corrected chi connectivity index (χ0v) is 15.2. The number of amides is 1. The van der Waals surface area contributed by atoms with Crippen LogP contribution < -0.4 is 11.1 Å². The summed E-state index contributed by atoms with van der Waals surface area (Å²) in [6, 6.07) is 6.45. The number of carbonyl (C=O) groups excluding carboxylic acids is 2. The van der Waals surface area contributed by atoms with Crippen molar-refractivity contribution in [3.8, 4) is 0 Å². The van der Waals surface area contributed by atoms with Crippen LogP contribution in [-0.4, -0.2) is 28.7 Å². The summed E-state index contributed by atoms with van der Waals surface area (Å²) in [7, 11) is 0. The minimum Gasteiger partial charge on any atom is -0.444 e. The molecule has 0 saturated heterocycles. The summed E-state index contributed by atoms with van der Waals surface area (Å²) < 4.78 is 5.24. The van der Waals surface area contributed by atoms with E-state index in [0.29, 0.717) is 11.3 Å². The van der Waals surface area contributed by atoms with Gasteiger partial charge in [-0.1, -0.05) is 12.1 Å². The van der Waals surface area contributed by atoms with Crippen LogP contribution in [-0.2, 0) is 4.74 Å². The van der Waals surface area contributed by atoms with Gasteiger partial charge in [0.25, 0.3) is 0 Å². The number of hydrogen-bond acceptors (Lipinski definition) is 6. The summed E-state index contributed by atoms with van der Waals surface area (Å²) in [6.07, 6.45) is 1.88. The minimum absolute atomic E-state index is 0.0511. The van der Waals surface area contributed by atoms with Crippen molar-refractivity contribution in [2.75, 3.05) is 11.1 Å². The van der Waals surface area contributed by atoms with Gasteiger partial charge in [0.2, 0.25) is 5.78 Å². The molecule has 2 rings (SSSR count). The second kappa shape index (κ2) is 7.35. The molecule has 0 radical (unpaired) electrons. The molecule has 0 atom stereocenters. The number of aryl methyl sites for hydroxylation is 1. The van der Waals surface area contributed by atoms with Crippen molar-refractivity contribution in [2.45, 2.75) is 33.3 Å². The molecule has 136 valence electrons. The Kier molecular flexibility index (Phi) is 5.40. The zero-order chi connectivity index (χ0) is 19.5. The third-order valence-electron chi connectivity index (χ3n) is 3.40. The Morgan fingerprint density at radius 1 is 1.31 bits per heavy atom. The molecule has 7 nitrogen and oxygen atoms in total. The van der Waals surface area contributed by atoms with Crippen molar-refractivity contribution in [1.82, 2.24) is 4.98 Å². The largest absolute Gasteiger partial charge is 0.444 e. The molecular weight excluding hydrogens is 332 g/mol. The van der Waals surface area contributed by atoms with E-state index in [1.54, 1.807) is 52.0 Å². The first-order chi connectivity index (χ1) is 12.1. The lowest BCUT2D eigenvalue weighted by Gasteiger charge is -2.20. The molecule has 0 bridgehead atoms. The van der Waals surface area contributed by atoms with E-state index in [0.717, 1.165) is 11.8 Å². The Morgan fingerprint density at radius 3 is 2.62 bits per heavy atom. The second-order valence-electron chi connectivity index (χ2n) is 6.82. The Morgan fingerprint density at radius 2 is 2.00 bits per heavy atom. The number of anilines is 2. The van der Waals surface area contributed by atoms with E-state index in [1.807, 2.05) is 0 Å². The van der Waals surface area contributed by atoms with Gasteiger partial charge in [-0.3, -0.25) is 15.1 Å². The predicted octanol–water partition coefficient (Wildman–Crippen LogP) is 3.55. The van der Waals surface area contributed by atoms with Crippen LogP contribution in [0.3, 0.4) is 0 Å². The summed E-state index contributed by atoms with van der Waals surface area (Å²) in [4.78, 5) is 29.2. The van der Waals surface area contributed by atoms with Gasteiger partial charge in [0, 0.05) is 29.2 Å². The summed E-state index contributed by atoms with van der Waals surface area (Å²) in [5.74, 6) is -0.443. The number of rotatable bonds is 4. The first kappa shape index (κ1) is 19.1. The quantitative estimate of drug-likeness (QED) is 0.441. The Labute approximate surface area is 152 Å². The van der Waals surface area contributed by atoms with Gasteiger partial charge in [-0.15, -0.1) is 0 Å². The standard InChI is InChI=1S/C19H22N4O3/c1-11-8-15(23-18(25)26-19(2,3)4)16(22-10-11)17(24)12-6-5-7-14(21)13(12)9-20/h5-10,20H,21H2,1-4H3,(H,23,25). The predicted molar refractivity (Wildman–Crippen MR) is 101 cm³/mol. The molecule has 26 heavy (non-hydrogen) atoms. The lowest BCUT2D eigenvalue weighted by Crippen LogP contribution is -2.28. The maximum Gasteiger partial charge on any atom is 0.412 e. The number of benzene rings is 1. The molecule has 0 aliphatic rings. The van der Waals surface area contributed by atoms with E-state index in [9.17, 15) is 9.59 Å². The molecule has 2 aromatic rings. The molecular formula is C19H22N4O3. The molecule has 4 N–H and O–H groups in total. The fraction of sp³-hybridized carbons (Fsp3) is 0.263. The molecule has 7 heteroatoms.